The normalized spacial score (nSPS) is 11.9. The van der Waals surface area contributed by atoms with Gasteiger partial charge in [-0.25, -0.2) is 0 Å². The van der Waals surface area contributed by atoms with E-state index in [1.807, 2.05) is 24.3 Å². The molecule has 0 saturated heterocycles. The van der Waals surface area contributed by atoms with Gasteiger partial charge in [0.15, 0.2) is 0 Å². The van der Waals surface area contributed by atoms with E-state index in [1.54, 1.807) is 24.3 Å². The molecule has 0 aromatic heterocycles. The summed E-state index contributed by atoms with van der Waals surface area (Å²) in [4.78, 5) is 0. The van der Waals surface area contributed by atoms with E-state index in [1.165, 1.54) is 0 Å². The van der Waals surface area contributed by atoms with Crippen molar-refractivity contribution >= 4 is 12.4 Å². The first-order chi connectivity index (χ1) is 6.83. The average Bonchev–Trinajstić information content (AvgIpc) is 2.72. The Morgan fingerprint density at radius 2 is 1.87 bits per heavy atom. The van der Waals surface area contributed by atoms with Crippen LogP contribution in [0.2, 0.25) is 0 Å². The number of hydrogen-bond donors (Lipinski definition) is 1. The molecular formula is C11H12ClO2V. The van der Waals surface area contributed by atoms with Crippen LogP contribution in [0.3, 0.4) is 0 Å². The summed E-state index contributed by atoms with van der Waals surface area (Å²) in [5.74, 6) is 0.322. The Kier molecular flexibility index (Phi) is 8.01. The summed E-state index contributed by atoms with van der Waals surface area (Å²) in [7, 11) is 0. The molecule has 0 spiro atoms. The summed E-state index contributed by atoms with van der Waals surface area (Å²) in [6, 6.07) is 8.71. The van der Waals surface area contributed by atoms with Gasteiger partial charge in [0.1, 0.15) is 5.75 Å². The predicted molar refractivity (Wildman–Crippen MR) is 57.9 cm³/mol. The molecule has 1 N–H and O–H groups in total. The van der Waals surface area contributed by atoms with Crippen LogP contribution in [0.1, 0.15) is 6.42 Å². The number of phenolic OH excluding ortho intramolecular Hbond substituents is 1. The van der Waals surface area contributed by atoms with Crippen LogP contribution in [0.25, 0.3) is 0 Å². The SMILES string of the molecule is Cl.Oc1ccccc1.[O]=[V][C]1=CC=CC1. The average molecular weight is 263 g/mol. The summed E-state index contributed by atoms with van der Waals surface area (Å²) in [5.41, 5.74) is 0. The third kappa shape index (κ3) is 6.29. The second kappa shape index (κ2) is 8.48. The van der Waals surface area contributed by atoms with Gasteiger partial charge >= 0.3 is 48.8 Å². The maximum atomic E-state index is 10.1. The molecule has 0 radical (unpaired) electrons. The fourth-order valence-corrected chi connectivity index (χ4v) is 1.44. The minimum absolute atomic E-state index is 0. The van der Waals surface area contributed by atoms with E-state index < -0.39 is 16.2 Å². The molecule has 0 heterocycles. The van der Waals surface area contributed by atoms with Gasteiger partial charge in [0.2, 0.25) is 0 Å². The van der Waals surface area contributed by atoms with Crippen LogP contribution in [-0.4, -0.2) is 5.11 Å². The molecule has 2 rings (SSSR count). The molecular weight excluding hydrogens is 251 g/mol. The van der Waals surface area contributed by atoms with Crippen molar-refractivity contribution in [2.45, 2.75) is 6.42 Å². The summed E-state index contributed by atoms with van der Waals surface area (Å²) >= 11 is -0.727. The van der Waals surface area contributed by atoms with Crippen LogP contribution in [-0.2, 0) is 19.9 Å². The molecule has 15 heavy (non-hydrogen) atoms. The van der Waals surface area contributed by atoms with Crippen molar-refractivity contribution in [3.8, 4) is 5.75 Å². The summed E-state index contributed by atoms with van der Waals surface area (Å²) in [6.07, 6.45) is 6.81. The minimum atomic E-state index is -0.727. The van der Waals surface area contributed by atoms with E-state index in [4.69, 9.17) is 5.11 Å². The van der Waals surface area contributed by atoms with Crippen molar-refractivity contribution in [3.05, 3.63) is 52.8 Å². The number of allylic oxidation sites excluding steroid dienone is 4. The van der Waals surface area contributed by atoms with Crippen molar-refractivity contribution < 1.29 is 25.0 Å². The third-order valence-corrected chi connectivity index (χ3v) is 2.51. The van der Waals surface area contributed by atoms with Crippen LogP contribution < -0.4 is 0 Å². The van der Waals surface area contributed by atoms with Gasteiger partial charge in [0, 0.05) is 0 Å². The summed E-state index contributed by atoms with van der Waals surface area (Å²) < 4.78 is 11.2. The molecule has 0 atom stereocenters. The molecule has 4 heteroatoms. The molecule has 0 amide bonds. The predicted octanol–water partition coefficient (Wildman–Crippen LogP) is 3.07. The van der Waals surface area contributed by atoms with E-state index in [2.05, 4.69) is 0 Å². The van der Waals surface area contributed by atoms with Crippen LogP contribution in [0.5, 0.6) is 5.75 Å². The quantitative estimate of drug-likeness (QED) is 0.844. The molecule has 1 aromatic carbocycles. The molecule has 0 bridgehead atoms. The zero-order valence-electron chi connectivity index (χ0n) is 8.04. The molecule has 1 aliphatic rings. The van der Waals surface area contributed by atoms with Crippen LogP contribution in [0.15, 0.2) is 52.8 Å². The second-order valence-electron chi connectivity index (χ2n) is 2.72. The van der Waals surface area contributed by atoms with E-state index in [9.17, 15) is 3.67 Å². The Balaban J connectivity index is 0.000000245. The Hall–Kier alpha value is -0.826. The fraction of sp³-hybridized carbons (Fsp3) is 0.0909. The van der Waals surface area contributed by atoms with Crippen LogP contribution in [0.4, 0.5) is 0 Å². The Morgan fingerprint density at radius 3 is 2.13 bits per heavy atom. The van der Waals surface area contributed by atoms with E-state index in [0.29, 0.717) is 5.75 Å². The van der Waals surface area contributed by atoms with Gasteiger partial charge in [0.25, 0.3) is 0 Å². The molecule has 1 aliphatic carbocycles. The topological polar surface area (TPSA) is 37.3 Å². The molecule has 0 unspecified atom stereocenters. The number of rotatable bonds is 1. The molecule has 0 fully saturated rings. The summed E-state index contributed by atoms with van der Waals surface area (Å²) in [5, 5.41) is 8.63. The van der Waals surface area contributed by atoms with Crippen LogP contribution >= 0.6 is 12.4 Å². The number of para-hydroxylation sites is 1. The zero-order valence-corrected chi connectivity index (χ0v) is 10.3. The third-order valence-electron chi connectivity index (χ3n) is 1.63. The van der Waals surface area contributed by atoms with Gasteiger partial charge in [-0.1, -0.05) is 18.2 Å². The molecule has 0 aliphatic heterocycles. The molecule has 1 aromatic rings. The molecule has 2 nitrogen and oxygen atoms in total. The van der Waals surface area contributed by atoms with Crippen molar-refractivity contribution in [2.75, 3.05) is 0 Å². The van der Waals surface area contributed by atoms with E-state index >= 15 is 0 Å². The Bertz CT molecular complexity index is 347. The van der Waals surface area contributed by atoms with Gasteiger partial charge in [-0.2, -0.15) is 0 Å². The first-order valence-corrected chi connectivity index (χ1v) is 5.53. The summed E-state index contributed by atoms with van der Waals surface area (Å²) in [6.45, 7) is 0. The Morgan fingerprint density at radius 1 is 1.20 bits per heavy atom. The maximum absolute atomic E-state index is 10.1. The number of aromatic hydroxyl groups is 1. The van der Waals surface area contributed by atoms with Gasteiger partial charge < -0.3 is 5.11 Å². The second-order valence-corrected chi connectivity index (χ2v) is 3.90. The zero-order chi connectivity index (χ0) is 10.2. The van der Waals surface area contributed by atoms with Crippen molar-refractivity contribution in [2.24, 2.45) is 0 Å². The fourth-order valence-electron chi connectivity index (χ4n) is 0.932. The van der Waals surface area contributed by atoms with Crippen molar-refractivity contribution in [1.82, 2.24) is 0 Å². The van der Waals surface area contributed by atoms with Crippen molar-refractivity contribution in [3.63, 3.8) is 0 Å². The van der Waals surface area contributed by atoms with E-state index in [-0.39, 0.29) is 12.4 Å². The standard InChI is InChI=1S/C6H6O.C5H5.ClH.O.V/c7-6-4-2-1-3-5-6;1-2-4-5-3-1;;;/h1-5,7H;1-3H,4H2;1H;;. The van der Waals surface area contributed by atoms with Gasteiger partial charge in [-0.05, 0) is 12.1 Å². The van der Waals surface area contributed by atoms with Gasteiger partial charge in [-0.15, -0.1) is 12.4 Å². The molecule has 80 valence electrons. The number of halogens is 1. The number of benzene rings is 1. The first kappa shape index (κ1) is 14.2. The monoisotopic (exact) mass is 262 g/mol. The Labute approximate surface area is 102 Å². The van der Waals surface area contributed by atoms with Crippen molar-refractivity contribution in [1.29, 1.82) is 0 Å². The number of phenols is 1. The van der Waals surface area contributed by atoms with E-state index in [0.717, 1.165) is 10.7 Å². The van der Waals surface area contributed by atoms with Gasteiger partial charge in [0.05, 0.1) is 0 Å². The molecule has 0 saturated carbocycles. The first-order valence-electron chi connectivity index (χ1n) is 4.26. The van der Waals surface area contributed by atoms with Crippen LogP contribution in [0, 0.1) is 0 Å². The number of hydrogen-bond acceptors (Lipinski definition) is 2. The van der Waals surface area contributed by atoms with Gasteiger partial charge in [-0.3, -0.25) is 0 Å².